The second-order valence-electron chi connectivity index (χ2n) is 6.63. The Morgan fingerprint density at radius 3 is 2.40 bits per heavy atom. The van der Waals surface area contributed by atoms with Gasteiger partial charge in [0.2, 0.25) is 5.91 Å². The molecule has 2 aliphatic heterocycles. The van der Waals surface area contributed by atoms with E-state index in [2.05, 4.69) is 0 Å². The van der Waals surface area contributed by atoms with Gasteiger partial charge in [-0.2, -0.15) is 0 Å². The van der Waals surface area contributed by atoms with Crippen LogP contribution in [0.1, 0.15) is 36.0 Å². The van der Waals surface area contributed by atoms with Crippen molar-refractivity contribution in [2.24, 2.45) is 5.92 Å². The van der Waals surface area contributed by atoms with Crippen LogP contribution >= 0.6 is 0 Å². The number of nitrogens with zero attached hydrogens (tertiary/aromatic N) is 2. The molecule has 6 nitrogen and oxygen atoms in total. The number of carbonyl (C=O) groups excluding carboxylic acids is 2. The van der Waals surface area contributed by atoms with E-state index in [4.69, 9.17) is 0 Å². The van der Waals surface area contributed by atoms with Gasteiger partial charge in [0.05, 0.1) is 5.92 Å². The molecule has 7 heteroatoms. The number of carboxylic acids is 1. The van der Waals surface area contributed by atoms with E-state index in [1.165, 1.54) is 29.2 Å². The van der Waals surface area contributed by atoms with E-state index in [1.807, 2.05) is 0 Å². The number of carboxylic acid groups (broad SMARTS) is 1. The normalized spacial score (nSPS) is 23.6. The minimum absolute atomic E-state index is 0.179. The number of halogens is 1. The lowest BCUT2D eigenvalue weighted by Gasteiger charge is -2.35. The Balaban J connectivity index is 1.68. The highest BCUT2D eigenvalue weighted by molar-refractivity contribution is 5.95. The van der Waals surface area contributed by atoms with Gasteiger partial charge < -0.3 is 14.9 Å². The second kappa shape index (κ2) is 7.21. The molecule has 0 radical (unpaired) electrons. The molecule has 3 rings (SSSR count). The van der Waals surface area contributed by atoms with E-state index in [9.17, 15) is 23.9 Å². The average Bonchev–Trinajstić information content (AvgIpc) is 3.11. The molecule has 1 aromatic rings. The summed E-state index contributed by atoms with van der Waals surface area (Å²) in [4.78, 5) is 39.6. The van der Waals surface area contributed by atoms with Gasteiger partial charge >= 0.3 is 5.97 Å². The number of hydrogen-bond acceptors (Lipinski definition) is 3. The van der Waals surface area contributed by atoms with E-state index >= 15 is 0 Å². The lowest BCUT2D eigenvalue weighted by molar-refractivity contribution is -0.150. The van der Waals surface area contributed by atoms with Crippen molar-refractivity contribution in [2.75, 3.05) is 19.6 Å². The molecule has 2 heterocycles. The molecule has 0 aliphatic carbocycles. The van der Waals surface area contributed by atoms with Crippen LogP contribution < -0.4 is 0 Å². The van der Waals surface area contributed by atoms with Gasteiger partial charge in [0, 0.05) is 25.2 Å². The van der Waals surface area contributed by atoms with Crippen molar-refractivity contribution < 1.29 is 23.9 Å². The first-order chi connectivity index (χ1) is 12.0. The highest BCUT2D eigenvalue weighted by Gasteiger charge is 2.39. The van der Waals surface area contributed by atoms with Crippen LogP contribution in [0.15, 0.2) is 24.3 Å². The fraction of sp³-hybridized carbons (Fsp3) is 0.500. The topological polar surface area (TPSA) is 77.9 Å². The van der Waals surface area contributed by atoms with Crippen molar-refractivity contribution in [1.82, 2.24) is 9.80 Å². The molecule has 25 heavy (non-hydrogen) atoms. The maximum Gasteiger partial charge on any atom is 0.326 e. The molecule has 0 bridgehead atoms. The lowest BCUT2D eigenvalue weighted by atomic mass is 9.95. The largest absolute Gasteiger partial charge is 0.480 e. The van der Waals surface area contributed by atoms with Crippen molar-refractivity contribution in [3.63, 3.8) is 0 Å². The minimum atomic E-state index is -0.971. The van der Waals surface area contributed by atoms with Crippen LogP contribution in [0.2, 0.25) is 0 Å². The van der Waals surface area contributed by atoms with Crippen molar-refractivity contribution in [3.05, 3.63) is 35.6 Å². The first kappa shape index (κ1) is 17.4. The van der Waals surface area contributed by atoms with E-state index in [0.717, 1.165) is 0 Å². The van der Waals surface area contributed by atoms with Crippen LogP contribution in [0.25, 0.3) is 0 Å². The average molecular weight is 348 g/mol. The molecule has 0 aromatic heterocycles. The van der Waals surface area contributed by atoms with Gasteiger partial charge in [-0.15, -0.1) is 0 Å². The number of benzene rings is 1. The lowest BCUT2D eigenvalue weighted by Crippen LogP contribution is -2.49. The highest BCUT2D eigenvalue weighted by atomic mass is 19.1. The van der Waals surface area contributed by atoms with Crippen LogP contribution in [0.3, 0.4) is 0 Å². The predicted molar refractivity (Wildman–Crippen MR) is 87.4 cm³/mol. The van der Waals surface area contributed by atoms with Gasteiger partial charge in [0.1, 0.15) is 11.9 Å². The quantitative estimate of drug-likeness (QED) is 0.903. The maximum absolute atomic E-state index is 13.0. The Hall–Kier alpha value is -2.44. The zero-order valence-electron chi connectivity index (χ0n) is 13.9. The smallest absolute Gasteiger partial charge is 0.326 e. The van der Waals surface area contributed by atoms with Gasteiger partial charge in [0.25, 0.3) is 5.91 Å². The fourth-order valence-electron chi connectivity index (χ4n) is 3.66. The first-order valence-corrected chi connectivity index (χ1v) is 8.55. The summed E-state index contributed by atoms with van der Waals surface area (Å²) in [5, 5.41) is 9.25. The van der Waals surface area contributed by atoms with Crippen LogP contribution in [0.4, 0.5) is 4.39 Å². The number of carbonyl (C=O) groups is 3. The van der Waals surface area contributed by atoms with Crippen molar-refractivity contribution in [1.29, 1.82) is 0 Å². The summed E-state index contributed by atoms with van der Waals surface area (Å²) < 4.78 is 13.0. The molecule has 2 atom stereocenters. The third-order valence-corrected chi connectivity index (χ3v) is 4.97. The monoisotopic (exact) mass is 348 g/mol. The Morgan fingerprint density at radius 1 is 1.04 bits per heavy atom. The van der Waals surface area contributed by atoms with Crippen LogP contribution in [0.5, 0.6) is 0 Å². The van der Waals surface area contributed by atoms with Crippen LogP contribution in [0, 0.1) is 11.7 Å². The van der Waals surface area contributed by atoms with Crippen molar-refractivity contribution in [2.45, 2.75) is 31.7 Å². The second-order valence-corrected chi connectivity index (χ2v) is 6.63. The third kappa shape index (κ3) is 3.65. The molecule has 134 valence electrons. The Morgan fingerprint density at radius 2 is 1.72 bits per heavy atom. The van der Waals surface area contributed by atoms with E-state index in [1.54, 1.807) is 4.90 Å². The minimum Gasteiger partial charge on any atom is -0.480 e. The van der Waals surface area contributed by atoms with E-state index < -0.39 is 17.8 Å². The Bertz CT molecular complexity index is 676. The summed E-state index contributed by atoms with van der Waals surface area (Å²) in [5.41, 5.74) is 0.388. The number of rotatable bonds is 3. The predicted octanol–water partition coefficient (Wildman–Crippen LogP) is 1.75. The molecule has 1 aromatic carbocycles. The van der Waals surface area contributed by atoms with Crippen molar-refractivity contribution in [3.8, 4) is 0 Å². The standard InChI is InChI=1S/C18H21FN2O4/c19-14-7-5-12(6-8-14)16(22)20-9-1-3-13(11-20)17(23)21-10-2-4-15(21)18(24)25/h5-8,13,15H,1-4,9-11H2,(H,24,25)/t13?,15-/m1/s1. The summed E-state index contributed by atoms with van der Waals surface area (Å²) in [5.74, 6) is -2.16. The molecular weight excluding hydrogens is 327 g/mol. The maximum atomic E-state index is 13.0. The highest BCUT2D eigenvalue weighted by Crippen LogP contribution is 2.25. The van der Waals surface area contributed by atoms with E-state index in [-0.39, 0.29) is 24.3 Å². The zero-order chi connectivity index (χ0) is 18.0. The van der Waals surface area contributed by atoms with Crippen molar-refractivity contribution >= 4 is 17.8 Å². The van der Waals surface area contributed by atoms with Crippen LogP contribution in [-0.2, 0) is 9.59 Å². The molecule has 2 fully saturated rings. The number of amides is 2. The number of aliphatic carboxylic acids is 1. The molecule has 2 aliphatic rings. The zero-order valence-corrected chi connectivity index (χ0v) is 13.9. The SMILES string of the molecule is O=C(O)[C@H]1CCCN1C(=O)C1CCCN(C(=O)c2ccc(F)cc2)C1. The Labute approximate surface area is 145 Å². The molecular formula is C18H21FN2O4. The summed E-state index contributed by atoms with van der Waals surface area (Å²) in [6.07, 6.45) is 2.50. The van der Waals surface area contributed by atoms with Gasteiger partial charge in [-0.25, -0.2) is 9.18 Å². The summed E-state index contributed by atoms with van der Waals surface area (Å²) >= 11 is 0. The molecule has 1 unspecified atom stereocenters. The van der Waals surface area contributed by atoms with Crippen LogP contribution in [-0.4, -0.2) is 58.4 Å². The molecule has 1 N–H and O–H groups in total. The summed E-state index contributed by atoms with van der Waals surface area (Å²) in [7, 11) is 0. The summed E-state index contributed by atoms with van der Waals surface area (Å²) in [6, 6.07) is 4.59. The Kier molecular flexibility index (Phi) is 5.01. The van der Waals surface area contributed by atoms with Gasteiger partial charge in [-0.05, 0) is 49.9 Å². The number of hydrogen-bond donors (Lipinski definition) is 1. The fourth-order valence-corrected chi connectivity index (χ4v) is 3.66. The van der Waals surface area contributed by atoms with E-state index in [0.29, 0.717) is 44.3 Å². The van der Waals surface area contributed by atoms with Gasteiger partial charge in [-0.1, -0.05) is 0 Å². The molecule has 0 spiro atoms. The van der Waals surface area contributed by atoms with Gasteiger partial charge in [0.15, 0.2) is 0 Å². The number of piperidine rings is 1. The first-order valence-electron chi connectivity index (χ1n) is 8.55. The summed E-state index contributed by atoms with van der Waals surface area (Å²) in [6.45, 7) is 1.28. The third-order valence-electron chi connectivity index (χ3n) is 4.97. The molecule has 2 amide bonds. The van der Waals surface area contributed by atoms with Gasteiger partial charge in [-0.3, -0.25) is 9.59 Å². The molecule has 0 saturated carbocycles. The number of likely N-dealkylation sites (tertiary alicyclic amines) is 2. The molecule has 2 saturated heterocycles.